The molecule has 3 aromatic carbocycles. The Hall–Kier alpha value is -2.83. The molecule has 7 heteroatoms. The van der Waals surface area contributed by atoms with Gasteiger partial charge in [-0.05, 0) is 67.4 Å². The van der Waals surface area contributed by atoms with Crippen molar-refractivity contribution in [2.75, 3.05) is 16.7 Å². The zero-order chi connectivity index (χ0) is 21.2. The van der Waals surface area contributed by atoms with E-state index < -0.39 is 15.9 Å². The van der Waals surface area contributed by atoms with Crippen LogP contribution in [0.2, 0.25) is 5.02 Å². The molecule has 150 valence electrons. The van der Waals surface area contributed by atoms with E-state index in [-0.39, 0.29) is 10.5 Å². The van der Waals surface area contributed by atoms with Gasteiger partial charge in [0.1, 0.15) is 0 Å². The molecular formula is C22H21ClN2O3S. The van der Waals surface area contributed by atoms with Crippen molar-refractivity contribution in [1.82, 2.24) is 0 Å². The highest BCUT2D eigenvalue weighted by atomic mass is 35.5. The highest BCUT2D eigenvalue weighted by molar-refractivity contribution is 7.92. The number of benzene rings is 3. The summed E-state index contributed by atoms with van der Waals surface area (Å²) in [5.74, 6) is -0.411. The lowest BCUT2D eigenvalue weighted by Gasteiger charge is -2.20. The molecule has 0 aliphatic rings. The Kier molecular flexibility index (Phi) is 5.96. The van der Waals surface area contributed by atoms with E-state index in [0.717, 1.165) is 11.1 Å². The van der Waals surface area contributed by atoms with Gasteiger partial charge in [0.15, 0.2) is 0 Å². The molecule has 1 N–H and O–H groups in total. The number of halogens is 1. The van der Waals surface area contributed by atoms with Crippen molar-refractivity contribution >= 4 is 38.9 Å². The molecule has 3 rings (SSSR count). The van der Waals surface area contributed by atoms with Crippen LogP contribution < -0.4 is 9.62 Å². The Labute approximate surface area is 176 Å². The standard InChI is InChI=1S/C22H21ClN2O3S/c1-15-6-4-8-19(12-15)25(3)29(27,28)20-9-5-7-17(13-20)22(26)24-21-14-18(23)11-10-16(21)2/h4-14H,1-3H3,(H,24,26). The highest BCUT2D eigenvalue weighted by Gasteiger charge is 2.22. The number of carbonyl (C=O) groups excluding carboxylic acids is 1. The first-order chi connectivity index (χ1) is 13.7. The lowest BCUT2D eigenvalue weighted by Crippen LogP contribution is -2.27. The molecule has 0 saturated heterocycles. The monoisotopic (exact) mass is 428 g/mol. The van der Waals surface area contributed by atoms with Gasteiger partial charge in [-0.3, -0.25) is 9.10 Å². The van der Waals surface area contributed by atoms with Gasteiger partial charge in [0.2, 0.25) is 0 Å². The molecule has 0 bridgehead atoms. The van der Waals surface area contributed by atoms with Crippen LogP contribution in [0.4, 0.5) is 11.4 Å². The molecule has 3 aromatic rings. The van der Waals surface area contributed by atoms with E-state index in [1.807, 2.05) is 19.9 Å². The van der Waals surface area contributed by atoms with Crippen molar-refractivity contribution in [2.24, 2.45) is 0 Å². The summed E-state index contributed by atoms with van der Waals surface area (Å²) in [5, 5.41) is 3.28. The predicted molar refractivity (Wildman–Crippen MR) is 117 cm³/mol. The Bertz CT molecular complexity index is 1180. The molecule has 0 aromatic heterocycles. The number of hydrogen-bond acceptors (Lipinski definition) is 3. The SMILES string of the molecule is Cc1cccc(N(C)S(=O)(=O)c2cccc(C(=O)Nc3cc(Cl)ccc3C)c2)c1. The van der Waals surface area contributed by atoms with Gasteiger partial charge >= 0.3 is 0 Å². The second-order valence-electron chi connectivity index (χ2n) is 6.75. The quantitative estimate of drug-likeness (QED) is 0.619. The third-order valence-electron chi connectivity index (χ3n) is 4.57. The maximum atomic E-state index is 13.1. The molecule has 0 aliphatic carbocycles. The van der Waals surface area contributed by atoms with Crippen molar-refractivity contribution in [2.45, 2.75) is 18.7 Å². The Morgan fingerprint density at radius 3 is 2.41 bits per heavy atom. The van der Waals surface area contributed by atoms with E-state index in [4.69, 9.17) is 11.6 Å². The van der Waals surface area contributed by atoms with Crippen LogP contribution in [-0.4, -0.2) is 21.4 Å². The smallest absolute Gasteiger partial charge is 0.264 e. The van der Waals surface area contributed by atoms with E-state index in [1.165, 1.54) is 23.5 Å². The zero-order valence-corrected chi connectivity index (χ0v) is 17.9. The molecule has 0 radical (unpaired) electrons. The van der Waals surface area contributed by atoms with Gasteiger partial charge in [0.05, 0.1) is 10.6 Å². The summed E-state index contributed by atoms with van der Waals surface area (Å²) in [7, 11) is -2.33. The van der Waals surface area contributed by atoms with E-state index >= 15 is 0 Å². The van der Waals surface area contributed by atoms with Crippen LogP contribution in [-0.2, 0) is 10.0 Å². The fourth-order valence-corrected chi connectivity index (χ4v) is 4.25. The number of nitrogens with zero attached hydrogens (tertiary/aromatic N) is 1. The van der Waals surface area contributed by atoms with Crippen molar-refractivity contribution in [1.29, 1.82) is 0 Å². The number of nitrogens with one attached hydrogen (secondary N) is 1. The minimum absolute atomic E-state index is 0.0389. The van der Waals surface area contributed by atoms with Gasteiger partial charge in [-0.1, -0.05) is 35.9 Å². The van der Waals surface area contributed by atoms with Gasteiger partial charge in [0.25, 0.3) is 15.9 Å². The zero-order valence-electron chi connectivity index (χ0n) is 16.3. The number of carbonyl (C=O) groups is 1. The Balaban J connectivity index is 1.90. The molecule has 0 spiro atoms. The maximum absolute atomic E-state index is 13.1. The first-order valence-electron chi connectivity index (χ1n) is 8.91. The molecule has 0 heterocycles. The average Bonchev–Trinajstić information content (AvgIpc) is 2.70. The number of aryl methyl sites for hydroxylation is 2. The molecule has 0 atom stereocenters. The minimum atomic E-state index is -3.82. The Morgan fingerprint density at radius 2 is 1.69 bits per heavy atom. The van der Waals surface area contributed by atoms with Crippen LogP contribution in [0, 0.1) is 13.8 Å². The third kappa shape index (κ3) is 4.60. The molecule has 5 nitrogen and oxygen atoms in total. The van der Waals surface area contributed by atoms with Crippen molar-refractivity contribution < 1.29 is 13.2 Å². The van der Waals surface area contributed by atoms with E-state index in [0.29, 0.717) is 16.4 Å². The second kappa shape index (κ2) is 8.27. The molecule has 29 heavy (non-hydrogen) atoms. The summed E-state index contributed by atoms with van der Waals surface area (Å²) < 4.78 is 27.3. The Morgan fingerprint density at radius 1 is 0.966 bits per heavy atom. The molecule has 1 amide bonds. The van der Waals surface area contributed by atoms with Crippen LogP contribution >= 0.6 is 11.6 Å². The maximum Gasteiger partial charge on any atom is 0.264 e. The summed E-state index contributed by atoms with van der Waals surface area (Å²) in [5.41, 5.74) is 3.17. The summed E-state index contributed by atoms with van der Waals surface area (Å²) in [6.45, 7) is 3.75. The second-order valence-corrected chi connectivity index (χ2v) is 9.16. The largest absolute Gasteiger partial charge is 0.322 e. The number of sulfonamides is 1. The molecule has 0 aliphatic heterocycles. The number of rotatable bonds is 5. The summed E-state index contributed by atoms with van der Waals surface area (Å²) in [4.78, 5) is 12.7. The van der Waals surface area contributed by atoms with Gasteiger partial charge in [-0.2, -0.15) is 0 Å². The first kappa shape index (κ1) is 20.9. The lowest BCUT2D eigenvalue weighted by atomic mass is 10.1. The fraction of sp³-hybridized carbons (Fsp3) is 0.136. The predicted octanol–water partition coefficient (Wildman–Crippen LogP) is 5.03. The lowest BCUT2D eigenvalue weighted by molar-refractivity contribution is 0.102. The van der Waals surface area contributed by atoms with Crippen LogP contribution in [0.5, 0.6) is 0 Å². The number of amides is 1. The van der Waals surface area contributed by atoms with Gasteiger partial charge in [-0.15, -0.1) is 0 Å². The topological polar surface area (TPSA) is 66.5 Å². The third-order valence-corrected chi connectivity index (χ3v) is 6.58. The van der Waals surface area contributed by atoms with Gasteiger partial charge < -0.3 is 5.32 Å². The van der Waals surface area contributed by atoms with Crippen molar-refractivity contribution in [3.63, 3.8) is 0 Å². The van der Waals surface area contributed by atoms with E-state index in [2.05, 4.69) is 5.32 Å². The number of anilines is 2. The van der Waals surface area contributed by atoms with Crippen molar-refractivity contribution in [3.05, 3.63) is 88.4 Å². The summed E-state index contributed by atoms with van der Waals surface area (Å²) >= 11 is 6.00. The summed E-state index contributed by atoms with van der Waals surface area (Å²) in [6.07, 6.45) is 0. The molecule has 0 fully saturated rings. The molecule has 0 unspecified atom stereocenters. The number of hydrogen-bond donors (Lipinski definition) is 1. The van der Waals surface area contributed by atoms with Gasteiger partial charge in [-0.25, -0.2) is 8.42 Å². The van der Waals surface area contributed by atoms with Crippen LogP contribution in [0.3, 0.4) is 0 Å². The van der Waals surface area contributed by atoms with Gasteiger partial charge in [0, 0.05) is 23.3 Å². The van der Waals surface area contributed by atoms with Crippen LogP contribution in [0.25, 0.3) is 0 Å². The highest BCUT2D eigenvalue weighted by Crippen LogP contribution is 2.25. The minimum Gasteiger partial charge on any atom is -0.322 e. The van der Waals surface area contributed by atoms with Crippen LogP contribution in [0.1, 0.15) is 21.5 Å². The van der Waals surface area contributed by atoms with E-state index in [1.54, 1.807) is 48.5 Å². The normalized spacial score (nSPS) is 11.2. The summed E-state index contributed by atoms with van der Waals surface area (Å²) in [6, 6.07) is 18.4. The first-order valence-corrected chi connectivity index (χ1v) is 10.7. The fourth-order valence-electron chi connectivity index (χ4n) is 2.84. The molecule has 0 saturated carbocycles. The molecular weight excluding hydrogens is 408 g/mol. The van der Waals surface area contributed by atoms with E-state index in [9.17, 15) is 13.2 Å². The van der Waals surface area contributed by atoms with Crippen LogP contribution in [0.15, 0.2) is 71.6 Å². The van der Waals surface area contributed by atoms with Crippen molar-refractivity contribution in [3.8, 4) is 0 Å². The average molecular weight is 429 g/mol.